The van der Waals surface area contributed by atoms with E-state index >= 15 is 0 Å². The molecule has 0 saturated heterocycles. The van der Waals surface area contributed by atoms with Crippen LogP contribution in [0.5, 0.6) is 0 Å². The maximum atomic E-state index is 12.3. The first-order chi connectivity index (χ1) is 12.2. The third-order valence-electron chi connectivity index (χ3n) is 3.50. The summed E-state index contributed by atoms with van der Waals surface area (Å²) in [6.07, 6.45) is 3.09. The van der Waals surface area contributed by atoms with Crippen molar-refractivity contribution >= 4 is 29.3 Å². The van der Waals surface area contributed by atoms with E-state index in [0.29, 0.717) is 16.3 Å². The van der Waals surface area contributed by atoms with Gasteiger partial charge < -0.3 is 5.32 Å². The normalized spacial score (nSPS) is 11.0. The van der Waals surface area contributed by atoms with E-state index in [-0.39, 0.29) is 5.57 Å². The highest BCUT2D eigenvalue weighted by atomic mass is 35.5. The van der Waals surface area contributed by atoms with Crippen LogP contribution in [0, 0.1) is 11.3 Å². The van der Waals surface area contributed by atoms with Crippen LogP contribution in [-0.2, 0) is 4.79 Å². The van der Waals surface area contributed by atoms with Gasteiger partial charge in [0.2, 0.25) is 0 Å². The van der Waals surface area contributed by atoms with E-state index in [0.717, 1.165) is 11.3 Å². The van der Waals surface area contributed by atoms with Gasteiger partial charge in [0.25, 0.3) is 5.91 Å². The van der Waals surface area contributed by atoms with Gasteiger partial charge in [0, 0.05) is 21.8 Å². The molecule has 0 aliphatic carbocycles. The monoisotopic (exact) mass is 348 g/mol. The van der Waals surface area contributed by atoms with E-state index in [1.54, 1.807) is 30.5 Å². The van der Waals surface area contributed by atoms with Crippen molar-refractivity contribution in [2.75, 3.05) is 5.32 Å². The van der Waals surface area contributed by atoms with Gasteiger partial charge in [-0.3, -0.25) is 9.89 Å². The molecule has 0 spiro atoms. The van der Waals surface area contributed by atoms with E-state index in [4.69, 9.17) is 11.6 Å². The lowest BCUT2D eigenvalue weighted by molar-refractivity contribution is -0.112. The van der Waals surface area contributed by atoms with Gasteiger partial charge in [-0.2, -0.15) is 10.4 Å². The Bertz CT molecular complexity index is 953. The highest BCUT2D eigenvalue weighted by Gasteiger charge is 2.12. The number of H-pyrrole nitrogens is 1. The molecular formula is C19H13ClN4O. The molecule has 0 radical (unpaired) electrons. The zero-order valence-electron chi connectivity index (χ0n) is 13.0. The maximum Gasteiger partial charge on any atom is 0.266 e. The summed E-state index contributed by atoms with van der Waals surface area (Å²) in [5, 5.41) is 19.5. The van der Waals surface area contributed by atoms with Crippen LogP contribution in [0.1, 0.15) is 5.56 Å². The van der Waals surface area contributed by atoms with Gasteiger partial charge in [-0.1, -0.05) is 41.9 Å². The van der Waals surface area contributed by atoms with Gasteiger partial charge in [0.05, 0.1) is 11.9 Å². The molecule has 2 aromatic carbocycles. The Morgan fingerprint density at radius 3 is 2.56 bits per heavy atom. The van der Waals surface area contributed by atoms with Crippen molar-refractivity contribution in [3.8, 4) is 17.3 Å². The maximum absolute atomic E-state index is 12.3. The van der Waals surface area contributed by atoms with Crippen molar-refractivity contribution in [2.45, 2.75) is 0 Å². The second kappa shape index (κ2) is 7.47. The van der Waals surface area contributed by atoms with Crippen molar-refractivity contribution in [2.24, 2.45) is 0 Å². The molecule has 1 heterocycles. The molecular weight excluding hydrogens is 336 g/mol. The Morgan fingerprint density at radius 2 is 1.88 bits per heavy atom. The molecule has 122 valence electrons. The van der Waals surface area contributed by atoms with Crippen molar-refractivity contribution in [1.29, 1.82) is 5.26 Å². The Hall–Kier alpha value is -3.36. The molecule has 0 aliphatic rings. The Balaban J connectivity index is 1.86. The van der Waals surface area contributed by atoms with Crippen LogP contribution in [0.3, 0.4) is 0 Å². The molecule has 0 unspecified atom stereocenters. The number of hydrogen-bond acceptors (Lipinski definition) is 3. The van der Waals surface area contributed by atoms with Crippen LogP contribution in [0.25, 0.3) is 17.3 Å². The fourth-order valence-electron chi connectivity index (χ4n) is 2.28. The lowest BCUT2D eigenvalue weighted by Gasteiger charge is -2.04. The van der Waals surface area contributed by atoms with E-state index < -0.39 is 5.91 Å². The molecule has 1 aromatic heterocycles. The lowest BCUT2D eigenvalue weighted by Crippen LogP contribution is -2.13. The number of hydrogen-bond donors (Lipinski definition) is 2. The Labute approximate surface area is 149 Å². The Morgan fingerprint density at radius 1 is 1.16 bits per heavy atom. The summed E-state index contributed by atoms with van der Waals surface area (Å²) >= 11 is 5.82. The number of aromatic nitrogens is 2. The minimum absolute atomic E-state index is 0.0199. The number of carbonyl (C=O) groups is 1. The van der Waals surface area contributed by atoms with E-state index in [1.165, 1.54) is 6.08 Å². The third kappa shape index (κ3) is 3.94. The predicted octanol–water partition coefficient (Wildman–Crippen LogP) is 4.28. The fourth-order valence-corrected chi connectivity index (χ4v) is 2.40. The van der Waals surface area contributed by atoms with Crippen LogP contribution < -0.4 is 5.32 Å². The Kier molecular flexibility index (Phi) is 4.93. The summed E-state index contributed by atoms with van der Waals surface area (Å²) < 4.78 is 0. The lowest BCUT2D eigenvalue weighted by atomic mass is 10.1. The summed E-state index contributed by atoms with van der Waals surface area (Å²) in [7, 11) is 0. The first-order valence-corrected chi connectivity index (χ1v) is 7.82. The van der Waals surface area contributed by atoms with Gasteiger partial charge in [-0.15, -0.1) is 0 Å². The SMILES string of the molecule is N#C/C(=C\c1cn[nH]c1-c1ccccc1)C(=O)Nc1ccc(Cl)cc1. The molecule has 5 nitrogen and oxygen atoms in total. The second-order valence-corrected chi connectivity index (χ2v) is 5.63. The number of nitrogens with one attached hydrogen (secondary N) is 2. The van der Waals surface area contributed by atoms with Crippen LogP contribution in [0.2, 0.25) is 5.02 Å². The molecule has 1 amide bonds. The van der Waals surface area contributed by atoms with E-state index in [2.05, 4.69) is 15.5 Å². The molecule has 0 fully saturated rings. The van der Waals surface area contributed by atoms with Crippen molar-refractivity contribution in [1.82, 2.24) is 10.2 Å². The van der Waals surface area contributed by atoms with Gasteiger partial charge in [0.1, 0.15) is 11.6 Å². The van der Waals surface area contributed by atoms with Crippen molar-refractivity contribution in [3.05, 3.63) is 77.0 Å². The number of benzene rings is 2. The minimum atomic E-state index is -0.495. The summed E-state index contributed by atoms with van der Waals surface area (Å²) in [6, 6.07) is 18.2. The van der Waals surface area contributed by atoms with Crippen LogP contribution in [-0.4, -0.2) is 16.1 Å². The number of aromatic amines is 1. The van der Waals surface area contributed by atoms with E-state index in [1.807, 2.05) is 36.4 Å². The summed E-state index contributed by atoms with van der Waals surface area (Å²) in [5.74, 6) is -0.495. The molecule has 3 rings (SSSR count). The molecule has 6 heteroatoms. The highest BCUT2D eigenvalue weighted by Crippen LogP contribution is 2.23. The molecule has 0 saturated carbocycles. The largest absolute Gasteiger partial charge is 0.321 e. The smallest absolute Gasteiger partial charge is 0.266 e. The topological polar surface area (TPSA) is 81.6 Å². The predicted molar refractivity (Wildman–Crippen MR) is 97.7 cm³/mol. The highest BCUT2D eigenvalue weighted by molar-refractivity contribution is 6.30. The molecule has 2 N–H and O–H groups in total. The van der Waals surface area contributed by atoms with Crippen molar-refractivity contribution < 1.29 is 4.79 Å². The van der Waals surface area contributed by atoms with Crippen LogP contribution in [0.4, 0.5) is 5.69 Å². The summed E-state index contributed by atoms with van der Waals surface area (Å²) in [4.78, 5) is 12.3. The van der Waals surface area contributed by atoms with Gasteiger partial charge in [-0.05, 0) is 30.3 Å². The van der Waals surface area contributed by atoms with Gasteiger partial charge >= 0.3 is 0 Å². The zero-order valence-corrected chi connectivity index (χ0v) is 13.8. The number of carbonyl (C=O) groups excluding carboxylic acids is 1. The second-order valence-electron chi connectivity index (χ2n) is 5.20. The standard InChI is InChI=1S/C19H13ClN4O/c20-16-6-8-17(9-7-16)23-19(25)14(11-21)10-15-12-22-24-18(15)13-4-2-1-3-5-13/h1-10,12H,(H,22,24)(H,23,25)/b14-10+. The first kappa shape index (κ1) is 16.5. The molecule has 3 aromatic rings. The first-order valence-electron chi connectivity index (χ1n) is 7.45. The van der Waals surface area contributed by atoms with E-state index in [9.17, 15) is 10.1 Å². The minimum Gasteiger partial charge on any atom is -0.321 e. The van der Waals surface area contributed by atoms with Crippen LogP contribution in [0.15, 0.2) is 66.4 Å². The molecule has 25 heavy (non-hydrogen) atoms. The average Bonchev–Trinajstić information content (AvgIpc) is 3.10. The third-order valence-corrected chi connectivity index (χ3v) is 3.75. The number of nitrogens with zero attached hydrogens (tertiary/aromatic N) is 2. The molecule has 0 atom stereocenters. The quantitative estimate of drug-likeness (QED) is 0.545. The molecule has 0 bridgehead atoms. The summed E-state index contributed by atoms with van der Waals surface area (Å²) in [5.41, 5.74) is 2.86. The van der Waals surface area contributed by atoms with Crippen LogP contribution >= 0.6 is 11.6 Å². The van der Waals surface area contributed by atoms with Gasteiger partial charge in [-0.25, -0.2) is 0 Å². The zero-order chi connectivity index (χ0) is 17.6. The van der Waals surface area contributed by atoms with Crippen molar-refractivity contribution in [3.63, 3.8) is 0 Å². The number of amides is 1. The number of anilines is 1. The average molecular weight is 349 g/mol. The summed E-state index contributed by atoms with van der Waals surface area (Å²) in [6.45, 7) is 0. The molecule has 0 aliphatic heterocycles. The van der Waals surface area contributed by atoms with Gasteiger partial charge in [0.15, 0.2) is 0 Å². The number of nitriles is 1. The number of rotatable bonds is 4. The number of halogens is 1. The fraction of sp³-hybridized carbons (Fsp3) is 0.